The predicted octanol–water partition coefficient (Wildman–Crippen LogP) is 16.2. The highest BCUT2D eigenvalue weighted by atomic mass is 14.4. The lowest BCUT2D eigenvalue weighted by Gasteiger charge is -2.24. The molecule has 0 heterocycles. The molecule has 278 valence electrons. The molecule has 0 heteroatoms. The van der Waals surface area contributed by atoms with Crippen molar-refractivity contribution < 1.29 is 0 Å². The van der Waals surface area contributed by atoms with E-state index in [9.17, 15) is 0 Å². The SMILES string of the molecule is CC1(C)c2ccccc2-c2ccc(-c3c4ccccc4c(-c4ccc(-c5c6c(c(-c7ccc8ccccc8c7)c7ccccc57)C=CCC6)cc4)c4ccccc34)cc21. The van der Waals surface area contributed by atoms with Gasteiger partial charge in [-0.15, -0.1) is 0 Å². The first-order chi connectivity index (χ1) is 29.0. The molecule has 2 aliphatic carbocycles. The Morgan fingerprint density at radius 3 is 1.53 bits per heavy atom. The van der Waals surface area contributed by atoms with Crippen molar-refractivity contribution in [2.75, 3.05) is 0 Å². The van der Waals surface area contributed by atoms with Crippen LogP contribution >= 0.6 is 0 Å². The van der Waals surface area contributed by atoms with Gasteiger partial charge in [0.15, 0.2) is 0 Å². The minimum atomic E-state index is -0.0627. The van der Waals surface area contributed by atoms with Crippen LogP contribution in [0.15, 0.2) is 188 Å². The normalized spacial score (nSPS) is 13.9. The molecule has 10 aromatic rings. The van der Waals surface area contributed by atoms with Crippen LogP contribution in [0.2, 0.25) is 0 Å². The summed E-state index contributed by atoms with van der Waals surface area (Å²) in [7, 11) is 0. The van der Waals surface area contributed by atoms with Gasteiger partial charge in [-0.2, -0.15) is 0 Å². The molecular weight excluding hydrogens is 709 g/mol. The monoisotopic (exact) mass is 750 g/mol. The van der Waals surface area contributed by atoms with E-state index in [-0.39, 0.29) is 5.41 Å². The second-order valence-corrected chi connectivity index (χ2v) is 17.0. The molecule has 0 radical (unpaired) electrons. The number of fused-ring (bicyclic) bond motifs is 8. The van der Waals surface area contributed by atoms with E-state index in [1.807, 2.05) is 0 Å². The van der Waals surface area contributed by atoms with Gasteiger partial charge in [-0.3, -0.25) is 0 Å². The van der Waals surface area contributed by atoms with Crippen molar-refractivity contribution in [2.45, 2.75) is 32.1 Å². The molecule has 12 rings (SSSR count). The third-order valence-electron chi connectivity index (χ3n) is 13.5. The quantitative estimate of drug-likeness (QED) is 0.157. The first-order valence-electron chi connectivity index (χ1n) is 21.1. The average molecular weight is 751 g/mol. The minimum Gasteiger partial charge on any atom is -0.0836 e. The Morgan fingerprint density at radius 1 is 0.373 bits per heavy atom. The fraction of sp³-hybridized carbons (Fsp3) is 0.0847. The standard InChI is InChI=1S/C59H42/c1-59(2)53-26-14-13-17-43(53)44-34-33-42(36-54(44)59)58-51-24-11-7-20-47(51)56(48-21-8-12-25-52(48)58)39-30-28-38(29-31-39)55-45-18-5-9-22-49(45)57(50-23-10-6-19-46(50)55)41-32-27-37-15-3-4-16-40(37)35-41/h3-5,7-18,20-36H,6,19H2,1-2H3. The zero-order valence-corrected chi connectivity index (χ0v) is 33.4. The summed E-state index contributed by atoms with van der Waals surface area (Å²) >= 11 is 0. The Morgan fingerprint density at radius 2 is 0.847 bits per heavy atom. The molecule has 10 aromatic carbocycles. The molecule has 0 aromatic heterocycles. The number of hydrogen-bond acceptors (Lipinski definition) is 0. The van der Waals surface area contributed by atoms with E-state index < -0.39 is 0 Å². The van der Waals surface area contributed by atoms with Crippen LogP contribution in [0.1, 0.15) is 42.5 Å². The number of hydrogen-bond donors (Lipinski definition) is 0. The van der Waals surface area contributed by atoms with Gasteiger partial charge in [0.05, 0.1) is 0 Å². The summed E-state index contributed by atoms with van der Waals surface area (Å²) in [5.74, 6) is 0. The Labute approximate surface area is 345 Å². The first-order valence-corrected chi connectivity index (χ1v) is 21.1. The van der Waals surface area contributed by atoms with Gasteiger partial charge in [0.2, 0.25) is 0 Å². The highest BCUT2D eigenvalue weighted by Gasteiger charge is 2.35. The Bertz CT molecular complexity index is 3330. The van der Waals surface area contributed by atoms with E-state index in [1.54, 1.807) is 0 Å². The van der Waals surface area contributed by atoms with Crippen LogP contribution in [0.3, 0.4) is 0 Å². The third kappa shape index (κ3) is 5.09. The van der Waals surface area contributed by atoms with Crippen molar-refractivity contribution in [3.63, 3.8) is 0 Å². The lowest BCUT2D eigenvalue weighted by molar-refractivity contribution is 0.660. The summed E-state index contributed by atoms with van der Waals surface area (Å²) in [6, 6.07) is 68.4. The maximum Gasteiger partial charge on any atom is 0.0159 e. The molecule has 0 unspecified atom stereocenters. The Hall–Kier alpha value is -7.02. The highest BCUT2D eigenvalue weighted by molar-refractivity contribution is 6.21. The van der Waals surface area contributed by atoms with Gasteiger partial charge in [-0.25, -0.2) is 0 Å². The van der Waals surface area contributed by atoms with Crippen LogP contribution in [0.25, 0.3) is 105 Å². The smallest absolute Gasteiger partial charge is 0.0159 e. The lowest BCUT2D eigenvalue weighted by Crippen LogP contribution is -2.14. The molecule has 0 amide bonds. The van der Waals surface area contributed by atoms with E-state index >= 15 is 0 Å². The van der Waals surface area contributed by atoms with Gasteiger partial charge >= 0.3 is 0 Å². The topological polar surface area (TPSA) is 0 Å². The molecule has 0 N–H and O–H groups in total. The van der Waals surface area contributed by atoms with Crippen LogP contribution in [0, 0.1) is 0 Å². The summed E-state index contributed by atoms with van der Waals surface area (Å²) in [5, 5.41) is 10.3. The molecule has 0 atom stereocenters. The highest BCUT2D eigenvalue weighted by Crippen LogP contribution is 2.52. The van der Waals surface area contributed by atoms with E-state index in [0.29, 0.717) is 0 Å². The summed E-state index contributed by atoms with van der Waals surface area (Å²) in [6.45, 7) is 4.75. The van der Waals surface area contributed by atoms with Gasteiger partial charge in [0.1, 0.15) is 0 Å². The van der Waals surface area contributed by atoms with E-state index in [2.05, 4.69) is 208 Å². The minimum absolute atomic E-state index is 0.0627. The molecule has 0 nitrogen and oxygen atoms in total. The zero-order chi connectivity index (χ0) is 39.2. The van der Waals surface area contributed by atoms with Crippen molar-refractivity contribution in [3.05, 3.63) is 210 Å². The molecule has 2 aliphatic rings. The van der Waals surface area contributed by atoms with Gasteiger partial charge in [0, 0.05) is 5.41 Å². The molecule has 0 aliphatic heterocycles. The third-order valence-corrected chi connectivity index (χ3v) is 13.5. The van der Waals surface area contributed by atoms with Crippen LogP contribution in [0.4, 0.5) is 0 Å². The van der Waals surface area contributed by atoms with Crippen molar-refractivity contribution in [3.8, 4) is 55.6 Å². The van der Waals surface area contributed by atoms with Crippen LogP contribution in [0.5, 0.6) is 0 Å². The summed E-state index contributed by atoms with van der Waals surface area (Å²) in [6.07, 6.45) is 6.81. The number of allylic oxidation sites excluding steroid dienone is 1. The largest absolute Gasteiger partial charge is 0.0836 e. The second kappa shape index (κ2) is 13.0. The van der Waals surface area contributed by atoms with Gasteiger partial charge in [-0.05, 0) is 146 Å². The average Bonchev–Trinajstić information content (AvgIpc) is 3.52. The van der Waals surface area contributed by atoms with Crippen LogP contribution < -0.4 is 0 Å². The van der Waals surface area contributed by atoms with Crippen molar-refractivity contribution in [1.29, 1.82) is 0 Å². The van der Waals surface area contributed by atoms with E-state index in [0.717, 1.165) is 12.8 Å². The van der Waals surface area contributed by atoms with Crippen molar-refractivity contribution in [1.82, 2.24) is 0 Å². The molecule has 0 spiro atoms. The Kier molecular flexibility index (Phi) is 7.50. The molecule has 0 bridgehead atoms. The molecule has 0 saturated heterocycles. The number of benzene rings is 10. The van der Waals surface area contributed by atoms with E-state index in [4.69, 9.17) is 0 Å². The maximum absolute atomic E-state index is 2.48. The molecule has 0 fully saturated rings. The molecular formula is C59H42. The van der Waals surface area contributed by atoms with Crippen molar-refractivity contribution in [2.24, 2.45) is 0 Å². The summed E-state index contributed by atoms with van der Waals surface area (Å²) in [4.78, 5) is 0. The van der Waals surface area contributed by atoms with Gasteiger partial charge in [0.25, 0.3) is 0 Å². The fourth-order valence-electron chi connectivity index (χ4n) is 10.8. The summed E-state index contributed by atoms with van der Waals surface area (Å²) < 4.78 is 0. The van der Waals surface area contributed by atoms with Crippen LogP contribution in [-0.2, 0) is 11.8 Å². The summed E-state index contributed by atoms with van der Waals surface area (Å²) in [5.41, 5.74) is 18.6. The van der Waals surface area contributed by atoms with Crippen molar-refractivity contribution >= 4 is 49.2 Å². The molecule has 59 heavy (non-hydrogen) atoms. The number of rotatable bonds is 4. The van der Waals surface area contributed by atoms with Crippen LogP contribution in [-0.4, -0.2) is 0 Å². The fourth-order valence-corrected chi connectivity index (χ4v) is 10.8. The maximum atomic E-state index is 2.48. The second-order valence-electron chi connectivity index (χ2n) is 17.0. The van der Waals surface area contributed by atoms with Gasteiger partial charge < -0.3 is 0 Å². The lowest BCUT2D eigenvalue weighted by atomic mass is 9.79. The molecule has 0 saturated carbocycles. The Balaban J connectivity index is 1.03. The van der Waals surface area contributed by atoms with E-state index in [1.165, 1.54) is 121 Å². The zero-order valence-electron chi connectivity index (χ0n) is 33.4. The van der Waals surface area contributed by atoms with Gasteiger partial charge in [-0.1, -0.05) is 196 Å². The first kappa shape index (κ1) is 34.1. The predicted molar refractivity (Wildman–Crippen MR) is 253 cm³/mol.